The predicted octanol–water partition coefficient (Wildman–Crippen LogP) is 5.25. The van der Waals surface area contributed by atoms with Crippen molar-refractivity contribution in [3.05, 3.63) is 44.9 Å². The van der Waals surface area contributed by atoms with Crippen LogP contribution in [0.5, 0.6) is 0 Å². The van der Waals surface area contributed by atoms with Gasteiger partial charge in [0.05, 0.1) is 11.3 Å². The van der Waals surface area contributed by atoms with E-state index < -0.39 is 0 Å². The van der Waals surface area contributed by atoms with E-state index in [1.165, 1.54) is 24.1 Å². The quantitative estimate of drug-likeness (QED) is 0.706. The summed E-state index contributed by atoms with van der Waals surface area (Å²) >= 11 is 6.87. The Labute approximate surface area is 149 Å². The molecule has 3 aliphatic rings. The fourth-order valence-corrected chi connectivity index (χ4v) is 4.51. The Morgan fingerprint density at radius 1 is 1.17 bits per heavy atom. The molecule has 2 N–H and O–H groups in total. The Kier molecular flexibility index (Phi) is 5.19. The first kappa shape index (κ1) is 17.3. The molecule has 0 saturated heterocycles. The van der Waals surface area contributed by atoms with Crippen molar-refractivity contribution in [2.45, 2.75) is 71.6 Å². The number of fused-ring (bicyclic) bond motifs is 1. The number of halogens is 1. The van der Waals surface area contributed by atoms with Crippen LogP contribution in [-0.2, 0) is 4.79 Å². The number of hydrogen-bond acceptors (Lipinski definition) is 2. The SMILES string of the molecule is CCC/C=C1\C(C(N)=O)=C2CCCC2=C(Cl)N1C1=C(C)CCCC1. The van der Waals surface area contributed by atoms with Crippen LogP contribution in [0.3, 0.4) is 0 Å². The van der Waals surface area contributed by atoms with E-state index in [1.54, 1.807) is 0 Å². The molecule has 3 nitrogen and oxygen atoms in total. The molecule has 0 spiro atoms. The Bertz CT molecular complexity index is 682. The van der Waals surface area contributed by atoms with E-state index in [0.29, 0.717) is 5.57 Å². The summed E-state index contributed by atoms with van der Waals surface area (Å²) in [6.07, 6.45) is 11.5. The summed E-state index contributed by atoms with van der Waals surface area (Å²) in [4.78, 5) is 14.5. The Balaban J connectivity index is 2.19. The second kappa shape index (κ2) is 7.18. The van der Waals surface area contributed by atoms with Crippen molar-refractivity contribution in [3.63, 3.8) is 0 Å². The lowest BCUT2D eigenvalue weighted by molar-refractivity contribution is -0.114. The van der Waals surface area contributed by atoms with Gasteiger partial charge in [-0.25, -0.2) is 0 Å². The van der Waals surface area contributed by atoms with Crippen molar-refractivity contribution in [1.29, 1.82) is 0 Å². The lowest BCUT2D eigenvalue weighted by Gasteiger charge is -2.37. The second-order valence-electron chi connectivity index (χ2n) is 6.99. The molecule has 1 heterocycles. The van der Waals surface area contributed by atoms with Gasteiger partial charge >= 0.3 is 0 Å². The Morgan fingerprint density at radius 3 is 2.54 bits per heavy atom. The third kappa shape index (κ3) is 2.95. The molecule has 0 aromatic rings. The summed E-state index contributed by atoms with van der Waals surface area (Å²) in [5.74, 6) is -0.324. The van der Waals surface area contributed by atoms with Crippen molar-refractivity contribution in [3.8, 4) is 0 Å². The summed E-state index contributed by atoms with van der Waals surface area (Å²) < 4.78 is 0. The van der Waals surface area contributed by atoms with Gasteiger partial charge in [0, 0.05) is 5.70 Å². The highest BCUT2D eigenvalue weighted by Crippen LogP contribution is 2.48. The first-order valence-electron chi connectivity index (χ1n) is 9.17. The van der Waals surface area contributed by atoms with E-state index in [4.69, 9.17) is 17.3 Å². The van der Waals surface area contributed by atoms with Gasteiger partial charge in [0.1, 0.15) is 5.16 Å². The maximum atomic E-state index is 12.3. The van der Waals surface area contributed by atoms with Crippen LogP contribution in [-0.4, -0.2) is 10.8 Å². The fraction of sp³-hybridized carbons (Fsp3) is 0.550. The summed E-state index contributed by atoms with van der Waals surface area (Å²) in [5, 5.41) is 0.797. The molecule has 0 unspecified atom stereocenters. The van der Waals surface area contributed by atoms with Crippen LogP contribution in [0.25, 0.3) is 0 Å². The van der Waals surface area contributed by atoms with Crippen LogP contribution >= 0.6 is 11.6 Å². The van der Waals surface area contributed by atoms with Crippen LogP contribution in [0.2, 0.25) is 0 Å². The average Bonchev–Trinajstić information content (AvgIpc) is 3.03. The smallest absolute Gasteiger partial charge is 0.251 e. The highest BCUT2D eigenvalue weighted by molar-refractivity contribution is 6.30. The second-order valence-corrected chi connectivity index (χ2v) is 7.35. The molecule has 0 aromatic carbocycles. The molecule has 1 aliphatic heterocycles. The summed E-state index contributed by atoms with van der Waals surface area (Å²) in [5.41, 5.74) is 12.3. The predicted molar refractivity (Wildman–Crippen MR) is 98.9 cm³/mol. The van der Waals surface area contributed by atoms with Crippen molar-refractivity contribution in [2.75, 3.05) is 0 Å². The van der Waals surface area contributed by atoms with Crippen LogP contribution in [0.15, 0.2) is 44.9 Å². The number of rotatable bonds is 4. The van der Waals surface area contributed by atoms with Crippen LogP contribution in [0.1, 0.15) is 71.6 Å². The molecule has 2 aliphatic carbocycles. The van der Waals surface area contributed by atoms with Crippen LogP contribution in [0.4, 0.5) is 0 Å². The van der Waals surface area contributed by atoms with E-state index in [2.05, 4.69) is 24.8 Å². The number of allylic oxidation sites excluding steroid dienone is 5. The standard InChI is InChI=1S/C20H27ClN2O/c1-3-4-11-17-18(20(22)24)14-9-7-10-15(14)19(21)23(17)16-12-6-5-8-13(16)2/h11H,3-10,12H2,1-2H3,(H2,22,24)/b17-11+. The number of unbranched alkanes of at least 4 members (excludes halogenated alkanes) is 1. The van der Waals surface area contributed by atoms with E-state index in [0.717, 1.165) is 66.9 Å². The molecule has 1 saturated carbocycles. The van der Waals surface area contributed by atoms with Gasteiger partial charge < -0.3 is 10.6 Å². The van der Waals surface area contributed by atoms with E-state index in [-0.39, 0.29) is 5.91 Å². The lowest BCUT2D eigenvalue weighted by Crippen LogP contribution is -2.32. The van der Waals surface area contributed by atoms with Gasteiger partial charge in [-0.1, -0.05) is 36.6 Å². The van der Waals surface area contributed by atoms with Crippen molar-refractivity contribution in [1.82, 2.24) is 4.90 Å². The zero-order valence-corrected chi connectivity index (χ0v) is 15.5. The molecule has 4 heteroatoms. The van der Waals surface area contributed by atoms with Gasteiger partial charge in [-0.05, 0) is 69.4 Å². The number of carbonyl (C=O) groups excluding carboxylic acids is 1. The third-order valence-corrected chi connectivity index (χ3v) is 5.71. The summed E-state index contributed by atoms with van der Waals surface area (Å²) in [7, 11) is 0. The Morgan fingerprint density at radius 2 is 1.88 bits per heavy atom. The number of nitrogens with zero attached hydrogens (tertiary/aromatic N) is 1. The molecule has 0 bridgehead atoms. The molecule has 0 atom stereocenters. The van der Waals surface area contributed by atoms with E-state index in [1.807, 2.05) is 0 Å². The molecule has 130 valence electrons. The van der Waals surface area contributed by atoms with E-state index >= 15 is 0 Å². The largest absolute Gasteiger partial charge is 0.366 e. The van der Waals surface area contributed by atoms with Gasteiger partial charge in [-0.3, -0.25) is 4.79 Å². The first-order valence-corrected chi connectivity index (χ1v) is 9.55. The molecule has 0 aromatic heterocycles. The van der Waals surface area contributed by atoms with Crippen molar-refractivity contribution in [2.24, 2.45) is 5.73 Å². The minimum absolute atomic E-state index is 0.324. The summed E-state index contributed by atoms with van der Waals surface area (Å²) in [6.45, 7) is 4.34. The summed E-state index contributed by atoms with van der Waals surface area (Å²) in [6, 6.07) is 0. The average molecular weight is 347 g/mol. The zero-order valence-electron chi connectivity index (χ0n) is 14.8. The molecule has 1 amide bonds. The number of nitrogens with two attached hydrogens (primary N) is 1. The molecule has 24 heavy (non-hydrogen) atoms. The molecule has 0 radical (unpaired) electrons. The number of primary amides is 1. The van der Waals surface area contributed by atoms with Gasteiger partial charge in [-0.15, -0.1) is 0 Å². The van der Waals surface area contributed by atoms with Gasteiger partial charge in [0.2, 0.25) is 0 Å². The molecular weight excluding hydrogens is 320 g/mol. The Hall–Kier alpha value is -1.48. The number of hydrogen-bond donors (Lipinski definition) is 1. The fourth-order valence-electron chi connectivity index (χ4n) is 4.11. The maximum Gasteiger partial charge on any atom is 0.251 e. The third-order valence-electron chi connectivity index (χ3n) is 5.31. The van der Waals surface area contributed by atoms with Crippen molar-refractivity contribution >= 4 is 17.5 Å². The lowest BCUT2D eigenvalue weighted by atomic mass is 9.91. The minimum Gasteiger partial charge on any atom is -0.366 e. The first-order chi connectivity index (χ1) is 11.6. The highest BCUT2D eigenvalue weighted by Gasteiger charge is 2.36. The monoisotopic (exact) mass is 346 g/mol. The normalized spacial score (nSPS) is 23.5. The highest BCUT2D eigenvalue weighted by atomic mass is 35.5. The maximum absolute atomic E-state index is 12.3. The van der Waals surface area contributed by atoms with Crippen LogP contribution in [0, 0.1) is 0 Å². The minimum atomic E-state index is -0.324. The number of carbonyl (C=O) groups is 1. The zero-order chi connectivity index (χ0) is 17.3. The van der Waals surface area contributed by atoms with Gasteiger partial charge in [0.25, 0.3) is 5.91 Å². The molecule has 1 fully saturated rings. The van der Waals surface area contributed by atoms with E-state index in [9.17, 15) is 4.79 Å². The molecule has 3 rings (SSSR count). The van der Waals surface area contributed by atoms with Crippen molar-refractivity contribution < 1.29 is 4.79 Å². The van der Waals surface area contributed by atoms with Gasteiger partial charge in [0.15, 0.2) is 0 Å². The molecular formula is C20H27ClN2O. The van der Waals surface area contributed by atoms with Crippen LogP contribution < -0.4 is 5.73 Å². The topological polar surface area (TPSA) is 46.3 Å². The van der Waals surface area contributed by atoms with Gasteiger partial charge in [-0.2, -0.15) is 0 Å². The number of amides is 1.